The van der Waals surface area contributed by atoms with Gasteiger partial charge in [-0.1, -0.05) is 66.7 Å². The van der Waals surface area contributed by atoms with Crippen molar-refractivity contribution in [2.75, 3.05) is 19.6 Å². The van der Waals surface area contributed by atoms with E-state index in [4.69, 9.17) is 0 Å². The minimum absolute atomic E-state index is 0.786. The normalized spacial score (nSPS) is 14.9. The SMILES string of the molecule is c1ccc(CN(Cc2ccc3ccccc3c2)CC2CNC2)cc1. The summed E-state index contributed by atoms with van der Waals surface area (Å²) < 4.78 is 0. The molecular weight excluding hydrogens is 292 g/mol. The van der Waals surface area contributed by atoms with Gasteiger partial charge in [0, 0.05) is 32.7 Å². The monoisotopic (exact) mass is 316 g/mol. The minimum atomic E-state index is 0.786. The lowest BCUT2D eigenvalue weighted by atomic mass is 10.0. The van der Waals surface area contributed by atoms with E-state index in [1.54, 1.807) is 0 Å². The highest BCUT2D eigenvalue weighted by atomic mass is 15.1. The first kappa shape index (κ1) is 15.4. The maximum Gasteiger partial charge on any atom is 0.0237 e. The van der Waals surface area contributed by atoms with Gasteiger partial charge in [0.1, 0.15) is 0 Å². The predicted molar refractivity (Wildman–Crippen MR) is 101 cm³/mol. The molecule has 1 fully saturated rings. The first-order chi connectivity index (χ1) is 11.9. The van der Waals surface area contributed by atoms with E-state index in [1.165, 1.54) is 21.9 Å². The van der Waals surface area contributed by atoms with Crippen molar-refractivity contribution in [2.45, 2.75) is 13.1 Å². The third-order valence-electron chi connectivity index (χ3n) is 4.85. The summed E-state index contributed by atoms with van der Waals surface area (Å²) in [7, 11) is 0. The summed E-state index contributed by atoms with van der Waals surface area (Å²) in [6, 6.07) is 26.3. The molecule has 24 heavy (non-hydrogen) atoms. The van der Waals surface area contributed by atoms with E-state index in [-0.39, 0.29) is 0 Å². The maximum absolute atomic E-state index is 3.39. The second kappa shape index (κ2) is 7.16. The van der Waals surface area contributed by atoms with Crippen molar-refractivity contribution in [3.8, 4) is 0 Å². The molecule has 1 heterocycles. The molecule has 1 aliphatic heterocycles. The van der Waals surface area contributed by atoms with E-state index < -0.39 is 0 Å². The molecule has 0 radical (unpaired) electrons. The van der Waals surface area contributed by atoms with Crippen molar-refractivity contribution in [3.63, 3.8) is 0 Å². The summed E-state index contributed by atoms with van der Waals surface area (Å²) >= 11 is 0. The standard InChI is InChI=1S/C22H24N2/c1-2-6-18(7-3-1)15-24(17-20-13-23-14-20)16-19-10-11-21-8-4-5-9-22(21)12-19/h1-12,20,23H,13-17H2. The van der Waals surface area contributed by atoms with Crippen LogP contribution in [0.1, 0.15) is 11.1 Å². The van der Waals surface area contributed by atoms with Gasteiger partial charge in [0.15, 0.2) is 0 Å². The molecule has 4 rings (SSSR count). The lowest BCUT2D eigenvalue weighted by Gasteiger charge is -2.33. The molecule has 3 aromatic carbocycles. The van der Waals surface area contributed by atoms with Gasteiger partial charge < -0.3 is 5.32 Å². The van der Waals surface area contributed by atoms with Gasteiger partial charge in [0.25, 0.3) is 0 Å². The smallest absolute Gasteiger partial charge is 0.0237 e. The lowest BCUT2D eigenvalue weighted by Crippen LogP contribution is -2.48. The summed E-state index contributed by atoms with van der Waals surface area (Å²) in [6.45, 7) is 5.50. The predicted octanol–water partition coefficient (Wildman–Crippen LogP) is 4.06. The molecule has 0 unspecified atom stereocenters. The Labute approximate surface area is 144 Å². The third kappa shape index (κ3) is 3.66. The number of hydrogen-bond donors (Lipinski definition) is 1. The van der Waals surface area contributed by atoms with Crippen molar-refractivity contribution >= 4 is 10.8 Å². The average molecular weight is 316 g/mol. The molecule has 0 spiro atoms. The quantitative estimate of drug-likeness (QED) is 0.738. The molecule has 0 saturated carbocycles. The summed E-state index contributed by atoms with van der Waals surface area (Å²) in [4.78, 5) is 2.59. The van der Waals surface area contributed by atoms with Crippen LogP contribution in [0.5, 0.6) is 0 Å². The number of benzene rings is 3. The fraction of sp³-hybridized carbons (Fsp3) is 0.273. The van der Waals surface area contributed by atoms with Gasteiger partial charge in [-0.25, -0.2) is 0 Å². The Morgan fingerprint density at radius 2 is 1.46 bits per heavy atom. The van der Waals surface area contributed by atoms with Crippen molar-refractivity contribution in [2.24, 2.45) is 5.92 Å². The molecule has 0 aliphatic carbocycles. The fourth-order valence-electron chi connectivity index (χ4n) is 3.46. The molecule has 1 saturated heterocycles. The summed E-state index contributed by atoms with van der Waals surface area (Å²) in [5, 5.41) is 6.04. The summed E-state index contributed by atoms with van der Waals surface area (Å²) in [5.41, 5.74) is 2.79. The second-order valence-corrected chi connectivity index (χ2v) is 6.86. The number of rotatable bonds is 6. The van der Waals surface area contributed by atoms with Crippen LogP contribution in [0.3, 0.4) is 0 Å². The molecule has 0 amide bonds. The molecule has 0 aromatic heterocycles. The van der Waals surface area contributed by atoms with E-state index in [0.29, 0.717) is 0 Å². The molecular formula is C22H24N2. The molecule has 122 valence electrons. The zero-order chi connectivity index (χ0) is 16.2. The number of hydrogen-bond acceptors (Lipinski definition) is 2. The van der Waals surface area contributed by atoms with Crippen molar-refractivity contribution < 1.29 is 0 Å². The lowest BCUT2D eigenvalue weighted by molar-refractivity contribution is 0.179. The Bertz CT molecular complexity index is 793. The van der Waals surface area contributed by atoms with Crippen LogP contribution < -0.4 is 5.32 Å². The van der Waals surface area contributed by atoms with Gasteiger partial charge in [-0.15, -0.1) is 0 Å². The maximum atomic E-state index is 3.39. The zero-order valence-corrected chi connectivity index (χ0v) is 14.0. The second-order valence-electron chi connectivity index (χ2n) is 6.86. The molecule has 3 aromatic rings. The van der Waals surface area contributed by atoms with Gasteiger partial charge in [0.2, 0.25) is 0 Å². The van der Waals surface area contributed by atoms with Crippen molar-refractivity contribution in [3.05, 3.63) is 83.9 Å². The van der Waals surface area contributed by atoms with Crippen LogP contribution in [0, 0.1) is 5.92 Å². The van der Waals surface area contributed by atoms with E-state index in [9.17, 15) is 0 Å². The van der Waals surface area contributed by atoms with Crippen LogP contribution in [0.4, 0.5) is 0 Å². The number of nitrogens with one attached hydrogen (secondary N) is 1. The molecule has 2 nitrogen and oxygen atoms in total. The minimum Gasteiger partial charge on any atom is -0.316 e. The number of nitrogens with zero attached hydrogens (tertiary/aromatic N) is 1. The van der Waals surface area contributed by atoms with E-state index in [1.807, 2.05) is 0 Å². The summed E-state index contributed by atoms with van der Waals surface area (Å²) in [6.07, 6.45) is 0. The fourth-order valence-corrected chi connectivity index (χ4v) is 3.46. The third-order valence-corrected chi connectivity index (χ3v) is 4.85. The van der Waals surface area contributed by atoms with E-state index in [2.05, 4.69) is 83.0 Å². The van der Waals surface area contributed by atoms with Crippen LogP contribution in [0.2, 0.25) is 0 Å². The van der Waals surface area contributed by atoms with Crippen molar-refractivity contribution in [1.29, 1.82) is 0 Å². The Morgan fingerprint density at radius 1 is 0.750 bits per heavy atom. The first-order valence-electron chi connectivity index (χ1n) is 8.81. The Morgan fingerprint density at radius 3 is 2.21 bits per heavy atom. The van der Waals surface area contributed by atoms with Crippen LogP contribution in [-0.2, 0) is 13.1 Å². The Hall–Kier alpha value is -2.16. The highest BCUT2D eigenvalue weighted by molar-refractivity contribution is 5.82. The molecule has 0 bridgehead atoms. The van der Waals surface area contributed by atoms with Crippen LogP contribution in [0.25, 0.3) is 10.8 Å². The molecule has 1 N–H and O–H groups in total. The number of fused-ring (bicyclic) bond motifs is 1. The average Bonchev–Trinajstić information content (AvgIpc) is 2.59. The van der Waals surface area contributed by atoms with Gasteiger partial charge >= 0.3 is 0 Å². The van der Waals surface area contributed by atoms with E-state index >= 15 is 0 Å². The van der Waals surface area contributed by atoms with Gasteiger partial charge in [-0.2, -0.15) is 0 Å². The van der Waals surface area contributed by atoms with Gasteiger partial charge in [0.05, 0.1) is 0 Å². The zero-order valence-electron chi connectivity index (χ0n) is 14.0. The molecule has 2 heteroatoms. The van der Waals surface area contributed by atoms with Crippen LogP contribution in [0.15, 0.2) is 72.8 Å². The van der Waals surface area contributed by atoms with Crippen molar-refractivity contribution in [1.82, 2.24) is 10.2 Å². The Kier molecular flexibility index (Phi) is 4.59. The topological polar surface area (TPSA) is 15.3 Å². The van der Waals surface area contributed by atoms with E-state index in [0.717, 1.165) is 38.6 Å². The van der Waals surface area contributed by atoms with Crippen LogP contribution >= 0.6 is 0 Å². The van der Waals surface area contributed by atoms with Gasteiger partial charge in [-0.05, 0) is 33.9 Å². The molecule has 0 atom stereocenters. The largest absolute Gasteiger partial charge is 0.316 e. The Balaban J connectivity index is 1.52. The molecule has 1 aliphatic rings. The summed E-state index contributed by atoms with van der Waals surface area (Å²) in [5.74, 6) is 0.786. The highest BCUT2D eigenvalue weighted by Crippen LogP contribution is 2.19. The van der Waals surface area contributed by atoms with Gasteiger partial charge in [-0.3, -0.25) is 4.90 Å². The highest BCUT2D eigenvalue weighted by Gasteiger charge is 2.20. The van der Waals surface area contributed by atoms with Crippen LogP contribution in [-0.4, -0.2) is 24.5 Å². The first-order valence-corrected chi connectivity index (χ1v) is 8.81.